The van der Waals surface area contributed by atoms with Gasteiger partial charge in [-0.05, 0) is 18.4 Å². The summed E-state index contributed by atoms with van der Waals surface area (Å²) in [6.07, 6.45) is 8.95. The highest BCUT2D eigenvalue weighted by Gasteiger charge is 2.39. The first-order valence-electron chi connectivity index (χ1n) is 9.06. The molecule has 5 rings (SSSR count). The molecule has 0 spiro atoms. The minimum Gasteiger partial charge on any atom is -0.253 e. The van der Waals surface area contributed by atoms with E-state index in [-0.39, 0.29) is 4.59 Å². The number of benzene rings is 2. The van der Waals surface area contributed by atoms with Crippen LogP contribution >= 0.6 is 11.8 Å². The highest BCUT2D eigenvalue weighted by Crippen LogP contribution is 2.35. The fraction of sp³-hybridized carbons (Fsp3) is 0.0455. The number of allylic oxidation sites excluding steroid dienone is 1. The smallest absolute Gasteiger partial charge is 0.226 e. The van der Waals surface area contributed by atoms with Gasteiger partial charge in [-0.15, -0.1) is 16.4 Å². The number of halogens is 1. The third-order valence-corrected chi connectivity index (χ3v) is 5.63. The van der Waals surface area contributed by atoms with Gasteiger partial charge in [-0.2, -0.15) is 4.99 Å². The maximum absolute atomic E-state index is 15.5. The number of aromatic nitrogens is 1. The van der Waals surface area contributed by atoms with Crippen LogP contribution in [0.15, 0.2) is 87.7 Å². The molecule has 29 heavy (non-hydrogen) atoms. The molecular weight excluding hydrogens is 385 g/mol. The Kier molecular flexibility index (Phi) is 4.26. The van der Waals surface area contributed by atoms with Crippen molar-refractivity contribution in [2.75, 3.05) is 11.7 Å². The molecule has 0 radical (unpaired) electrons. The topological polar surface area (TPSA) is 49.6 Å². The van der Waals surface area contributed by atoms with Gasteiger partial charge in [0.15, 0.2) is 17.0 Å². The van der Waals surface area contributed by atoms with Crippen LogP contribution < -0.4 is 5.43 Å². The molecule has 142 valence electrons. The summed E-state index contributed by atoms with van der Waals surface area (Å²) < 4.78 is 15.6. The van der Waals surface area contributed by atoms with Gasteiger partial charge in [0.25, 0.3) is 0 Å². The summed E-state index contributed by atoms with van der Waals surface area (Å²) in [5, 5.41) is 1.59. The molecule has 1 unspecified atom stereocenters. The Morgan fingerprint density at radius 2 is 1.86 bits per heavy atom. The second-order valence-corrected chi connectivity index (χ2v) is 7.46. The fourth-order valence-electron chi connectivity index (χ4n) is 3.45. The number of fused-ring (bicyclic) bond motifs is 2. The first-order valence-corrected chi connectivity index (χ1v) is 10.3. The number of pyridine rings is 1. The third kappa shape index (κ3) is 2.95. The third-order valence-electron chi connectivity index (χ3n) is 4.93. The molecule has 2 aliphatic heterocycles. The van der Waals surface area contributed by atoms with Gasteiger partial charge in [-0.25, -0.2) is 14.8 Å². The number of aliphatic imine (C=N–C) groups is 2. The van der Waals surface area contributed by atoms with Crippen molar-refractivity contribution in [1.82, 2.24) is 4.98 Å². The van der Waals surface area contributed by atoms with Crippen molar-refractivity contribution in [1.29, 1.82) is 0 Å². The second-order valence-electron chi connectivity index (χ2n) is 6.67. The van der Waals surface area contributed by atoms with E-state index in [1.165, 1.54) is 11.8 Å². The van der Waals surface area contributed by atoms with E-state index in [0.717, 1.165) is 27.4 Å². The van der Waals surface area contributed by atoms with E-state index >= 15 is 4.39 Å². The number of hydrogen-bond donors (Lipinski definition) is 1. The van der Waals surface area contributed by atoms with Gasteiger partial charge in [-0.3, -0.25) is 4.99 Å². The van der Waals surface area contributed by atoms with Gasteiger partial charge in [0, 0.05) is 10.9 Å². The molecule has 2 aromatic carbocycles. The number of nitrogens with zero attached hydrogens (tertiary/aromatic N) is 4. The molecule has 0 amide bonds. The van der Waals surface area contributed by atoms with Crippen molar-refractivity contribution in [2.24, 2.45) is 9.98 Å². The molecule has 3 heterocycles. The van der Waals surface area contributed by atoms with Crippen molar-refractivity contribution in [3.8, 4) is 11.3 Å². The molecule has 0 bridgehead atoms. The molecule has 7 heteroatoms. The summed E-state index contributed by atoms with van der Waals surface area (Å²) >= 11 is 1.53. The normalized spacial score (nSPS) is 19.8. The molecule has 1 aromatic heterocycles. The number of thioether (sulfide) groups is 1. The summed E-state index contributed by atoms with van der Waals surface area (Å²) in [5.41, 5.74) is 6.48. The van der Waals surface area contributed by atoms with Gasteiger partial charge in [0.05, 0.1) is 18.1 Å². The minimum absolute atomic E-state index is 0.0838. The van der Waals surface area contributed by atoms with E-state index in [0.29, 0.717) is 11.2 Å². The Hall–Kier alpha value is -3.29. The Morgan fingerprint density at radius 1 is 1.03 bits per heavy atom. The lowest BCUT2D eigenvalue weighted by atomic mass is 10.1. The first-order chi connectivity index (χ1) is 14.2. The van der Waals surface area contributed by atoms with Gasteiger partial charge in [0.2, 0.25) is 12.0 Å². The number of nitrogens with one attached hydrogen (secondary N) is 1. The van der Waals surface area contributed by atoms with Gasteiger partial charge >= 0.3 is 0 Å². The van der Waals surface area contributed by atoms with E-state index in [2.05, 4.69) is 20.4 Å². The van der Waals surface area contributed by atoms with E-state index in [4.69, 9.17) is 0 Å². The maximum atomic E-state index is 15.5. The zero-order valence-electron chi connectivity index (χ0n) is 15.6. The summed E-state index contributed by atoms with van der Waals surface area (Å²) in [6.45, 7) is 0. The van der Waals surface area contributed by atoms with Crippen molar-refractivity contribution >= 4 is 40.9 Å². The molecule has 0 saturated carbocycles. The second kappa shape index (κ2) is 6.95. The molecule has 1 atom stereocenters. The van der Waals surface area contributed by atoms with E-state index in [1.807, 2.05) is 61.0 Å². The predicted molar refractivity (Wildman–Crippen MR) is 118 cm³/mol. The molecule has 2 aliphatic rings. The van der Waals surface area contributed by atoms with Crippen molar-refractivity contribution in [3.63, 3.8) is 0 Å². The summed E-state index contributed by atoms with van der Waals surface area (Å²) in [7, 11) is 0. The van der Waals surface area contributed by atoms with Gasteiger partial charge in [-0.1, -0.05) is 42.5 Å². The molecule has 1 N–H and O–H groups in total. The highest BCUT2D eigenvalue weighted by molar-refractivity contribution is 8.02. The summed E-state index contributed by atoms with van der Waals surface area (Å²) in [6, 6.07) is 17.2. The average Bonchev–Trinajstić information content (AvgIpc) is 3.15. The van der Waals surface area contributed by atoms with Crippen LogP contribution in [0.3, 0.4) is 0 Å². The SMILES string of the molecule is CSC1=C2C=NC=C[N+]2(Nc2ccc3ccc(-c4ccccc4)nc3c2F)C=N1. The molecule has 5 nitrogen and oxygen atoms in total. The van der Waals surface area contributed by atoms with Crippen molar-refractivity contribution in [3.05, 3.63) is 83.5 Å². The molecule has 0 saturated heterocycles. The van der Waals surface area contributed by atoms with Crippen LogP contribution in [0.1, 0.15) is 0 Å². The number of hydrogen-bond acceptors (Lipinski definition) is 5. The lowest BCUT2D eigenvalue weighted by Crippen LogP contribution is -2.45. The van der Waals surface area contributed by atoms with Crippen molar-refractivity contribution < 1.29 is 8.98 Å². The molecule has 0 aliphatic carbocycles. The lowest BCUT2D eigenvalue weighted by molar-refractivity contribution is -0.705. The monoisotopic (exact) mass is 402 g/mol. The quantitative estimate of drug-likeness (QED) is 0.602. The summed E-state index contributed by atoms with van der Waals surface area (Å²) in [4.78, 5) is 13.3. The Labute approximate surface area is 171 Å². The Bertz CT molecular complexity index is 1230. The van der Waals surface area contributed by atoms with Crippen LogP contribution in [0.2, 0.25) is 0 Å². The number of quaternary nitrogens is 1. The first kappa shape index (κ1) is 17.8. The van der Waals surface area contributed by atoms with Crippen LogP contribution in [0.25, 0.3) is 22.2 Å². The van der Waals surface area contributed by atoms with Crippen LogP contribution in [-0.2, 0) is 0 Å². The van der Waals surface area contributed by atoms with Gasteiger partial charge < -0.3 is 0 Å². The predicted octanol–water partition coefficient (Wildman–Crippen LogP) is 5.31. The standard InChI is InChI=1S/C22H17FN5S/c1-29-22-19-13-24-11-12-28(19,14-25-22)27-18-10-8-16-7-9-17(26-21(16)20(18)23)15-5-3-2-4-6-15/h2-14,27H,1H3/q+1. The summed E-state index contributed by atoms with van der Waals surface area (Å²) in [5.74, 6) is -0.394. The Morgan fingerprint density at radius 3 is 2.69 bits per heavy atom. The molecule has 3 aromatic rings. The number of rotatable bonds is 4. The zero-order chi connectivity index (χ0) is 19.8. The molecule has 0 fully saturated rings. The van der Waals surface area contributed by atoms with E-state index < -0.39 is 5.82 Å². The lowest BCUT2D eigenvalue weighted by Gasteiger charge is -2.28. The van der Waals surface area contributed by atoms with Crippen LogP contribution in [0.5, 0.6) is 0 Å². The largest absolute Gasteiger partial charge is 0.253 e. The van der Waals surface area contributed by atoms with E-state index in [9.17, 15) is 0 Å². The van der Waals surface area contributed by atoms with Crippen molar-refractivity contribution in [2.45, 2.75) is 0 Å². The van der Waals surface area contributed by atoms with Gasteiger partial charge in [0.1, 0.15) is 11.2 Å². The zero-order valence-corrected chi connectivity index (χ0v) is 16.4. The molecular formula is C22H17FN5S+. The fourth-order valence-corrected chi connectivity index (χ4v) is 4.02. The minimum atomic E-state index is -0.394. The highest BCUT2D eigenvalue weighted by atomic mass is 32.2. The number of anilines is 1. The maximum Gasteiger partial charge on any atom is 0.226 e. The Balaban J connectivity index is 1.59. The van der Waals surface area contributed by atoms with Crippen LogP contribution in [0, 0.1) is 5.82 Å². The van der Waals surface area contributed by atoms with E-state index in [1.54, 1.807) is 24.8 Å². The average molecular weight is 402 g/mol. The van der Waals surface area contributed by atoms with Crippen LogP contribution in [-0.4, -0.2) is 28.4 Å². The van der Waals surface area contributed by atoms with Crippen LogP contribution in [0.4, 0.5) is 10.1 Å².